The third-order valence-corrected chi connectivity index (χ3v) is 20.0. The van der Waals surface area contributed by atoms with Crippen molar-refractivity contribution in [1.29, 1.82) is 0 Å². The number of terminal acetylenes is 1. The summed E-state index contributed by atoms with van der Waals surface area (Å²) < 4.78 is 21.2. The van der Waals surface area contributed by atoms with Crippen LogP contribution in [0.5, 0.6) is 0 Å². The molecule has 1 spiro atoms. The van der Waals surface area contributed by atoms with Crippen LogP contribution in [0.2, 0.25) is 23.2 Å². The quantitative estimate of drug-likeness (QED) is 0.213. The highest BCUT2D eigenvalue weighted by Gasteiger charge is 2.52. The van der Waals surface area contributed by atoms with E-state index in [1.165, 1.54) is 16.8 Å². The van der Waals surface area contributed by atoms with Crippen molar-refractivity contribution in [2.75, 3.05) is 6.61 Å². The van der Waals surface area contributed by atoms with E-state index in [9.17, 15) is 0 Å². The Morgan fingerprint density at radius 3 is 1.98 bits per heavy atom. The summed E-state index contributed by atoms with van der Waals surface area (Å²) >= 11 is 0. The number of ether oxygens (including phenoxy) is 1. The van der Waals surface area contributed by atoms with Crippen molar-refractivity contribution in [3.05, 3.63) is 60.7 Å². The van der Waals surface area contributed by atoms with Gasteiger partial charge in [0.25, 0.3) is 8.32 Å². The number of benzene rings is 2. The minimum absolute atomic E-state index is 0.0306. The van der Waals surface area contributed by atoms with Gasteiger partial charge in [0, 0.05) is 12.5 Å². The van der Waals surface area contributed by atoms with Gasteiger partial charge in [0.05, 0.1) is 11.7 Å². The highest BCUT2D eigenvalue weighted by atomic mass is 28.4. The molecule has 1 heterocycles. The molecule has 0 N–H and O–H groups in total. The van der Waals surface area contributed by atoms with Crippen molar-refractivity contribution < 1.29 is 13.6 Å². The Labute approximate surface area is 259 Å². The van der Waals surface area contributed by atoms with Crippen LogP contribution < -0.4 is 10.4 Å². The summed E-state index contributed by atoms with van der Waals surface area (Å²) in [5.74, 6) is 3.72. The SMILES string of the molecule is C#C[C@@H](O[Si](C)(C)C(C)(C)C)[C@@H]1CC[C@@]2(CCC[C@@H]([C@@H](C)CO[Si](c3ccccc3)(c3ccccc3)C(C)(C)C)O2)C1. The van der Waals surface area contributed by atoms with Gasteiger partial charge in [-0.15, -0.1) is 6.42 Å². The third kappa shape index (κ3) is 6.84. The van der Waals surface area contributed by atoms with Gasteiger partial charge in [-0.3, -0.25) is 0 Å². The largest absolute Gasteiger partial charge is 0.407 e. The molecule has 0 bridgehead atoms. The van der Waals surface area contributed by atoms with Crippen LogP contribution in [0.3, 0.4) is 0 Å². The molecule has 1 aliphatic heterocycles. The van der Waals surface area contributed by atoms with Gasteiger partial charge < -0.3 is 13.6 Å². The fourth-order valence-electron chi connectivity index (χ4n) is 7.07. The van der Waals surface area contributed by atoms with Crippen molar-refractivity contribution in [2.24, 2.45) is 11.8 Å². The average molecular weight is 605 g/mol. The van der Waals surface area contributed by atoms with E-state index in [1.54, 1.807) is 0 Å². The Morgan fingerprint density at radius 1 is 0.905 bits per heavy atom. The molecule has 42 heavy (non-hydrogen) atoms. The highest BCUT2D eigenvalue weighted by molar-refractivity contribution is 6.99. The molecular weight excluding hydrogens is 549 g/mol. The number of hydrogen-bond acceptors (Lipinski definition) is 3. The fourth-order valence-corrected chi connectivity index (χ4v) is 13.0. The maximum Gasteiger partial charge on any atom is 0.261 e. The van der Waals surface area contributed by atoms with Crippen molar-refractivity contribution in [3.63, 3.8) is 0 Å². The summed E-state index contributed by atoms with van der Waals surface area (Å²) in [6, 6.07) is 21.9. The molecule has 0 radical (unpaired) electrons. The minimum Gasteiger partial charge on any atom is -0.407 e. The third-order valence-electron chi connectivity index (χ3n) is 10.6. The molecular formula is C37H56O3Si2. The molecule has 2 aromatic rings. The summed E-state index contributed by atoms with van der Waals surface area (Å²) in [5.41, 5.74) is -0.0782. The molecule has 0 unspecified atom stereocenters. The van der Waals surface area contributed by atoms with Gasteiger partial charge in [-0.25, -0.2) is 0 Å². The first-order valence-electron chi connectivity index (χ1n) is 16.2. The maximum atomic E-state index is 7.31. The molecule has 1 saturated heterocycles. The summed E-state index contributed by atoms with van der Waals surface area (Å²) in [6.45, 7) is 21.5. The van der Waals surface area contributed by atoms with E-state index in [4.69, 9.17) is 20.0 Å². The smallest absolute Gasteiger partial charge is 0.261 e. The number of rotatable bonds is 9. The molecule has 0 aromatic heterocycles. The van der Waals surface area contributed by atoms with Crippen LogP contribution in [-0.2, 0) is 13.6 Å². The molecule has 5 atom stereocenters. The first-order chi connectivity index (χ1) is 19.6. The minimum atomic E-state index is -2.58. The van der Waals surface area contributed by atoms with Crippen LogP contribution in [0.15, 0.2) is 60.7 Å². The molecule has 1 saturated carbocycles. The van der Waals surface area contributed by atoms with Crippen molar-refractivity contribution in [2.45, 2.75) is 128 Å². The van der Waals surface area contributed by atoms with E-state index >= 15 is 0 Å². The number of hydrogen-bond donors (Lipinski definition) is 0. The Kier molecular flexibility index (Phi) is 10.1. The summed E-state index contributed by atoms with van der Waals surface area (Å²) in [6.07, 6.45) is 12.8. The molecule has 3 nitrogen and oxygen atoms in total. The first kappa shape index (κ1) is 33.2. The van der Waals surface area contributed by atoms with Crippen molar-refractivity contribution in [3.8, 4) is 12.3 Å². The Hall–Kier alpha value is -1.69. The Morgan fingerprint density at radius 2 is 1.48 bits per heavy atom. The molecule has 2 aromatic carbocycles. The van der Waals surface area contributed by atoms with Gasteiger partial charge in [-0.1, -0.05) is 115 Å². The Bertz CT molecular complexity index is 1150. The van der Waals surface area contributed by atoms with Crippen molar-refractivity contribution in [1.82, 2.24) is 0 Å². The standard InChI is InChI=1S/C37H56O3Si2/c1-11-33(40-41(9,10)35(3,4)5)30-24-26-37(27-30)25-18-23-34(39-37)29(2)28-38-42(36(6,7)8,31-19-14-12-15-20-31)32-21-16-13-17-22-32/h1,12-17,19-22,29-30,33-34H,18,23-28H2,2-10H3/t29-,30+,33+,34-,37-/m0/s1. The van der Waals surface area contributed by atoms with E-state index in [2.05, 4.69) is 128 Å². The van der Waals surface area contributed by atoms with Crippen LogP contribution in [0.1, 0.15) is 87.0 Å². The maximum absolute atomic E-state index is 7.31. The lowest BCUT2D eigenvalue weighted by Crippen LogP contribution is -2.67. The molecule has 0 amide bonds. The fraction of sp³-hybridized carbons (Fsp3) is 0.622. The van der Waals surface area contributed by atoms with Gasteiger partial charge in [0.2, 0.25) is 0 Å². The summed E-state index contributed by atoms with van der Waals surface area (Å²) in [7, 11) is -4.52. The zero-order valence-corrected chi connectivity index (χ0v) is 29.8. The zero-order chi connectivity index (χ0) is 30.8. The molecule has 5 heteroatoms. The lowest BCUT2D eigenvalue weighted by Gasteiger charge is -2.45. The second-order valence-corrected chi connectivity index (χ2v) is 24.7. The highest BCUT2D eigenvalue weighted by Crippen LogP contribution is 2.48. The predicted molar refractivity (Wildman–Crippen MR) is 182 cm³/mol. The van der Waals surface area contributed by atoms with Gasteiger partial charge in [-0.05, 0) is 78.0 Å². The molecule has 230 valence electrons. The van der Waals surface area contributed by atoms with Crippen LogP contribution in [0.4, 0.5) is 0 Å². The molecule has 2 fully saturated rings. The lowest BCUT2D eigenvalue weighted by molar-refractivity contribution is -0.148. The van der Waals surface area contributed by atoms with E-state index in [0.717, 1.165) is 32.1 Å². The van der Waals surface area contributed by atoms with Crippen LogP contribution in [-0.4, -0.2) is 41.1 Å². The monoisotopic (exact) mass is 604 g/mol. The average Bonchev–Trinajstić information content (AvgIpc) is 3.34. The molecule has 2 aliphatic rings. The molecule has 4 rings (SSSR count). The van der Waals surface area contributed by atoms with E-state index in [1.807, 2.05) is 0 Å². The summed E-state index contributed by atoms with van der Waals surface area (Å²) in [4.78, 5) is 0. The summed E-state index contributed by atoms with van der Waals surface area (Å²) in [5, 5.41) is 2.78. The topological polar surface area (TPSA) is 27.7 Å². The Balaban J connectivity index is 1.50. The molecule has 1 aliphatic carbocycles. The second-order valence-electron chi connectivity index (χ2n) is 15.7. The van der Waals surface area contributed by atoms with E-state index in [0.29, 0.717) is 18.4 Å². The normalized spacial score (nSPS) is 25.2. The predicted octanol–water partition coefficient (Wildman–Crippen LogP) is 8.33. The van der Waals surface area contributed by atoms with E-state index in [-0.39, 0.29) is 27.9 Å². The van der Waals surface area contributed by atoms with Gasteiger partial charge in [0.1, 0.15) is 6.10 Å². The van der Waals surface area contributed by atoms with Crippen LogP contribution in [0, 0.1) is 24.2 Å². The first-order valence-corrected chi connectivity index (χ1v) is 21.0. The van der Waals surface area contributed by atoms with Gasteiger partial charge >= 0.3 is 0 Å². The second kappa shape index (κ2) is 12.7. The van der Waals surface area contributed by atoms with Crippen LogP contribution >= 0.6 is 0 Å². The lowest BCUT2D eigenvalue weighted by atomic mass is 9.85. The van der Waals surface area contributed by atoms with Crippen LogP contribution in [0.25, 0.3) is 0 Å². The van der Waals surface area contributed by atoms with E-state index < -0.39 is 16.6 Å². The van der Waals surface area contributed by atoms with Gasteiger partial charge in [-0.2, -0.15) is 0 Å². The zero-order valence-electron chi connectivity index (χ0n) is 27.8. The van der Waals surface area contributed by atoms with Crippen molar-refractivity contribution >= 4 is 27.0 Å². The van der Waals surface area contributed by atoms with Gasteiger partial charge in [0.15, 0.2) is 8.32 Å².